The number of hydrogen-bond donors (Lipinski definition) is 1. The Morgan fingerprint density at radius 1 is 1.16 bits per heavy atom. The van der Waals surface area contributed by atoms with Crippen molar-refractivity contribution in [2.24, 2.45) is 0 Å². The van der Waals surface area contributed by atoms with Gasteiger partial charge in [-0.1, -0.05) is 6.07 Å². The second-order valence-electron chi connectivity index (χ2n) is 6.92. The SMILES string of the molecule is COc1ccc([C@H](CNC(=O)c2ccc(C(F)(F)F)nc2)N2CCOCC2)cc1OC. The molecule has 31 heavy (non-hydrogen) atoms. The molecule has 1 aromatic heterocycles. The van der Waals surface area contributed by atoms with E-state index in [0.29, 0.717) is 37.8 Å². The Morgan fingerprint density at radius 2 is 1.87 bits per heavy atom. The summed E-state index contributed by atoms with van der Waals surface area (Å²) in [6.07, 6.45) is -3.62. The second kappa shape index (κ2) is 9.97. The lowest BCUT2D eigenvalue weighted by Crippen LogP contribution is -2.43. The van der Waals surface area contributed by atoms with Crippen LogP contribution < -0.4 is 14.8 Å². The fraction of sp³-hybridized carbons (Fsp3) is 0.429. The number of nitrogens with zero attached hydrogens (tertiary/aromatic N) is 2. The van der Waals surface area contributed by atoms with E-state index in [4.69, 9.17) is 14.2 Å². The molecule has 1 aliphatic heterocycles. The average Bonchev–Trinajstić information content (AvgIpc) is 2.79. The van der Waals surface area contributed by atoms with Crippen LogP contribution in [-0.4, -0.2) is 62.9 Å². The van der Waals surface area contributed by atoms with Crippen LogP contribution in [0.2, 0.25) is 0 Å². The molecule has 1 saturated heterocycles. The summed E-state index contributed by atoms with van der Waals surface area (Å²) in [6.45, 7) is 2.74. The van der Waals surface area contributed by atoms with Gasteiger partial charge >= 0.3 is 6.18 Å². The third-order valence-electron chi connectivity index (χ3n) is 5.05. The molecule has 7 nitrogen and oxygen atoms in total. The van der Waals surface area contributed by atoms with E-state index >= 15 is 0 Å². The molecule has 3 rings (SSSR count). The highest BCUT2D eigenvalue weighted by molar-refractivity contribution is 5.93. The highest BCUT2D eigenvalue weighted by Crippen LogP contribution is 2.32. The van der Waals surface area contributed by atoms with E-state index in [1.807, 2.05) is 12.1 Å². The van der Waals surface area contributed by atoms with E-state index < -0.39 is 17.8 Å². The fourth-order valence-electron chi connectivity index (χ4n) is 3.39. The zero-order chi connectivity index (χ0) is 22.4. The van der Waals surface area contributed by atoms with Gasteiger partial charge in [-0.05, 0) is 29.8 Å². The van der Waals surface area contributed by atoms with Gasteiger partial charge in [0.15, 0.2) is 11.5 Å². The number of amides is 1. The summed E-state index contributed by atoms with van der Waals surface area (Å²) in [4.78, 5) is 18.0. The van der Waals surface area contributed by atoms with Gasteiger partial charge in [0.25, 0.3) is 5.91 Å². The summed E-state index contributed by atoms with van der Waals surface area (Å²) >= 11 is 0. The number of benzene rings is 1. The third kappa shape index (κ3) is 5.65. The standard InChI is InChI=1S/C21H24F3N3O4/c1-29-17-5-3-14(11-18(17)30-2)16(27-7-9-31-10-8-27)13-26-20(28)15-4-6-19(25-12-15)21(22,23)24/h3-6,11-12,16H,7-10,13H2,1-2H3,(H,26,28)/t16-/m0/s1. The van der Waals surface area contributed by atoms with E-state index in [2.05, 4.69) is 15.2 Å². The van der Waals surface area contributed by atoms with Crippen molar-refractivity contribution in [1.82, 2.24) is 15.2 Å². The molecule has 0 aliphatic carbocycles. The van der Waals surface area contributed by atoms with Crippen molar-refractivity contribution in [2.75, 3.05) is 47.1 Å². The van der Waals surface area contributed by atoms with Crippen molar-refractivity contribution in [3.63, 3.8) is 0 Å². The predicted molar refractivity (Wildman–Crippen MR) is 106 cm³/mol. The highest BCUT2D eigenvalue weighted by Gasteiger charge is 2.32. The predicted octanol–water partition coefficient (Wildman–Crippen LogP) is 2.92. The first-order valence-electron chi connectivity index (χ1n) is 9.68. The van der Waals surface area contributed by atoms with Crippen LogP contribution in [0.1, 0.15) is 27.7 Å². The summed E-state index contributed by atoms with van der Waals surface area (Å²) in [5, 5.41) is 2.80. The number of nitrogens with one attached hydrogen (secondary N) is 1. The van der Waals surface area contributed by atoms with Gasteiger partial charge in [0.2, 0.25) is 0 Å². The zero-order valence-electron chi connectivity index (χ0n) is 17.2. The van der Waals surface area contributed by atoms with Crippen molar-refractivity contribution in [1.29, 1.82) is 0 Å². The maximum absolute atomic E-state index is 12.7. The lowest BCUT2D eigenvalue weighted by Gasteiger charge is -2.35. The highest BCUT2D eigenvalue weighted by atomic mass is 19.4. The van der Waals surface area contributed by atoms with Crippen LogP contribution in [0.4, 0.5) is 13.2 Å². The molecule has 1 amide bonds. The molecule has 0 spiro atoms. The zero-order valence-corrected chi connectivity index (χ0v) is 17.2. The van der Waals surface area contributed by atoms with Gasteiger partial charge in [0, 0.05) is 25.8 Å². The van der Waals surface area contributed by atoms with E-state index in [1.54, 1.807) is 20.3 Å². The molecular weight excluding hydrogens is 415 g/mol. The molecule has 1 aromatic carbocycles. The third-order valence-corrected chi connectivity index (χ3v) is 5.05. The number of rotatable bonds is 7. The molecule has 1 fully saturated rings. The van der Waals surface area contributed by atoms with Gasteiger partial charge in [-0.3, -0.25) is 14.7 Å². The summed E-state index contributed by atoms with van der Waals surface area (Å²) in [5.74, 6) is 0.656. The molecule has 2 heterocycles. The van der Waals surface area contributed by atoms with Crippen LogP contribution >= 0.6 is 0 Å². The number of aromatic nitrogens is 1. The lowest BCUT2D eigenvalue weighted by atomic mass is 10.0. The van der Waals surface area contributed by atoms with Gasteiger partial charge in [-0.15, -0.1) is 0 Å². The van der Waals surface area contributed by atoms with E-state index in [0.717, 1.165) is 23.9 Å². The monoisotopic (exact) mass is 439 g/mol. The molecule has 1 aliphatic rings. The minimum atomic E-state index is -4.55. The summed E-state index contributed by atoms with van der Waals surface area (Å²) in [5.41, 5.74) is -0.0768. The van der Waals surface area contributed by atoms with Gasteiger partial charge in [-0.2, -0.15) is 13.2 Å². The molecule has 2 aromatic rings. The van der Waals surface area contributed by atoms with Gasteiger partial charge in [-0.25, -0.2) is 0 Å². The van der Waals surface area contributed by atoms with Crippen LogP contribution in [0.15, 0.2) is 36.5 Å². The number of ether oxygens (including phenoxy) is 3. The van der Waals surface area contributed by atoms with Crippen molar-refractivity contribution >= 4 is 5.91 Å². The fourth-order valence-corrected chi connectivity index (χ4v) is 3.39. The van der Waals surface area contributed by atoms with Crippen molar-refractivity contribution in [2.45, 2.75) is 12.2 Å². The Hall–Kier alpha value is -2.85. The quantitative estimate of drug-likeness (QED) is 0.715. The number of methoxy groups -OCH3 is 2. The van der Waals surface area contributed by atoms with Crippen LogP contribution in [0.3, 0.4) is 0 Å². The van der Waals surface area contributed by atoms with E-state index in [1.165, 1.54) is 0 Å². The number of carbonyl (C=O) groups is 1. The maximum atomic E-state index is 12.7. The van der Waals surface area contributed by atoms with Crippen LogP contribution in [0, 0.1) is 0 Å². The van der Waals surface area contributed by atoms with Gasteiger partial charge in [0.1, 0.15) is 5.69 Å². The Balaban J connectivity index is 1.77. The van der Waals surface area contributed by atoms with E-state index in [-0.39, 0.29) is 18.2 Å². The number of carbonyl (C=O) groups excluding carboxylic acids is 1. The second-order valence-corrected chi connectivity index (χ2v) is 6.92. The average molecular weight is 439 g/mol. The Bertz CT molecular complexity index is 884. The molecule has 1 N–H and O–H groups in total. The molecular formula is C21H24F3N3O4. The summed E-state index contributed by atoms with van der Waals surface area (Å²) < 4.78 is 54.2. The van der Waals surface area contributed by atoms with Gasteiger partial charge in [0.05, 0.1) is 39.0 Å². The van der Waals surface area contributed by atoms with Crippen molar-refractivity contribution in [3.05, 3.63) is 53.3 Å². The molecule has 1 atom stereocenters. The largest absolute Gasteiger partial charge is 0.493 e. The van der Waals surface area contributed by atoms with Crippen LogP contribution in [-0.2, 0) is 10.9 Å². The molecule has 0 radical (unpaired) electrons. The molecule has 168 valence electrons. The van der Waals surface area contributed by atoms with Crippen LogP contribution in [0.5, 0.6) is 11.5 Å². The van der Waals surface area contributed by atoms with Crippen LogP contribution in [0.25, 0.3) is 0 Å². The minimum absolute atomic E-state index is 0.0565. The summed E-state index contributed by atoms with van der Waals surface area (Å²) in [6, 6.07) is 7.27. The van der Waals surface area contributed by atoms with Crippen molar-refractivity contribution in [3.8, 4) is 11.5 Å². The van der Waals surface area contributed by atoms with Crippen molar-refractivity contribution < 1.29 is 32.2 Å². The van der Waals surface area contributed by atoms with E-state index in [9.17, 15) is 18.0 Å². The molecule has 0 unspecified atom stereocenters. The molecule has 10 heteroatoms. The molecule has 0 saturated carbocycles. The first-order chi connectivity index (χ1) is 14.8. The number of alkyl halides is 3. The minimum Gasteiger partial charge on any atom is -0.493 e. The number of morpholine rings is 1. The summed E-state index contributed by atoms with van der Waals surface area (Å²) in [7, 11) is 3.10. The first kappa shape index (κ1) is 22.8. The first-order valence-corrected chi connectivity index (χ1v) is 9.68. The Labute approximate surface area is 178 Å². The number of hydrogen-bond acceptors (Lipinski definition) is 6. The molecule has 0 bridgehead atoms. The maximum Gasteiger partial charge on any atom is 0.433 e. The topological polar surface area (TPSA) is 72.9 Å². The number of halogens is 3. The lowest BCUT2D eigenvalue weighted by molar-refractivity contribution is -0.141. The van der Waals surface area contributed by atoms with Gasteiger partial charge < -0.3 is 19.5 Å². The smallest absolute Gasteiger partial charge is 0.433 e. The number of pyridine rings is 1. The normalized spacial score (nSPS) is 15.9. The Morgan fingerprint density at radius 3 is 2.45 bits per heavy atom. The Kier molecular flexibility index (Phi) is 7.34.